The predicted molar refractivity (Wildman–Crippen MR) is 331 cm³/mol. The molecule has 15 nitrogen and oxygen atoms in total. The lowest BCUT2D eigenvalue weighted by Crippen LogP contribution is -2.38. The molecule has 3 aliphatic heterocycles. The fourth-order valence-electron chi connectivity index (χ4n) is 7.73. The Hall–Kier alpha value is -6.81. The molecule has 0 radical (unpaired) electrons. The molecule has 3 saturated heterocycles. The number of aromatic nitrogens is 6. The van der Waals surface area contributed by atoms with E-state index in [4.69, 9.17) is 76.0 Å². The number of halogens is 6. The maximum atomic E-state index is 14.5. The molecule has 3 fully saturated rings. The minimum Gasteiger partial charge on any atom is -0.367 e. The van der Waals surface area contributed by atoms with Crippen molar-refractivity contribution >= 4 is 117 Å². The van der Waals surface area contributed by atoms with Gasteiger partial charge in [-0.2, -0.15) is 15.8 Å². The number of anilines is 3. The number of hydrogen-bond acceptors (Lipinski definition) is 18. The van der Waals surface area contributed by atoms with Crippen molar-refractivity contribution in [1.82, 2.24) is 44.6 Å². The molecule has 2 atom stereocenters. The van der Waals surface area contributed by atoms with Crippen molar-refractivity contribution < 1.29 is 54.4 Å². The Morgan fingerprint density at radius 2 is 0.869 bits per heavy atom. The van der Waals surface area contributed by atoms with Crippen molar-refractivity contribution in [3.05, 3.63) is 154 Å². The molecule has 3 N–H and O–H groups in total. The fraction of sp³-hybridized carbons (Fsp3) is 0.350. The molecule has 0 bridgehead atoms. The minimum atomic E-state index is -3.06. The zero-order chi connectivity index (χ0) is 85.7. The average molecular weight is 1280 g/mol. The van der Waals surface area contributed by atoms with Gasteiger partial charge in [0.15, 0.2) is 4.24 Å². The second-order valence-electron chi connectivity index (χ2n) is 17.5. The fourth-order valence-corrected chi connectivity index (χ4v) is 10.7. The van der Waals surface area contributed by atoms with E-state index in [-0.39, 0.29) is 94.9 Å². The Morgan fingerprint density at radius 3 is 1.26 bits per heavy atom. The van der Waals surface area contributed by atoms with E-state index >= 15 is 0 Å². The van der Waals surface area contributed by atoms with E-state index in [1.807, 2.05) is 0 Å². The van der Waals surface area contributed by atoms with Gasteiger partial charge in [-0.1, -0.05) is 53.0 Å². The molecule has 3 aliphatic rings. The van der Waals surface area contributed by atoms with E-state index in [9.17, 15) is 29.0 Å². The highest BCUT2D eigenvalue weighted by Gasteiger charge is 2.25. The summed E-state index contributed by atoms with van der Waals surface area (Å²) in [6.45, 7) is -7.57. The highest BCUT2D eigenvalue weighted by molar-refractivity contribution is 7.23. The first-order valence-corrected chi connectivity index (χ1v) is 27.8. The number of nitrogens with one attached hydrogen (secondary N) is 3. The van der Waals surface area contributed by atoms with E-state index in [1.54, 1.807) is 6.07 Å². The van der Waals surface area contributed by atoms with E-state index < -0.39 is 208 Å². The van der Waals surface area contributed by atoms with Gasteiger partial charge in [0.05, 0.1) is 60.9 Å². The Balaban J connectivity index is 0.000000181. The molecular weight excluding hydrogens is 1190 g/mol. The van der Waals surface area contributed by atoms with Crippen LogP contribution in [0.4, 0.5) is 30.6 Å². The van der Waals surface area contributed by atoms with E-state index in [0.29, 0.717) is 10.2 Å². The molecule has 0 spiro atoms. The Bertz CT molecular complexity index is 5480. The van der Waals surface area contributed by atoms with Gasteiger partial charge in [-0.05, 0) is 129 Å². The highest BCUT2D eigenvalue weighted by Crippen LogP contribution is 2.35. The van der Waals surface area contributed by atoms with Gasteiger partial charge in [0.1, 0.15) is 86.6 Å². The van der Waals surface area contributed by atoms with Crippen LogP contribution in [-0.2, 0) is 19.5 Å². The van der Waals surface area contributed by atoms with Gasteiger partial charge in [-0.15, -0.1) is 34.0 Å². The van der Waals surface area contributed by atoms with Gasteiger partial charge in [-0.3, -0.25) is 14.7 Å². The number of piperidine rings is 3. The molecule has 0 aliphatic carbocycles. The van der Waals surface area contributed by atoms with E-state index in [1.165, 1.54) is 32.1 Å². The smallest absolute Gasteiger partial charge is 0.162 e. The number of aryl methyl sites for hydroxylation is 1. The van der Waals surface area contributed by atoms with Gasteiger partial charge in [0.25, 0.3) is 0 Å². The normalized spacial score (nSPS) is 26.5. The molecule has 432 valence electrons. The van der Waals surface area contributed by atoms with Crippen molar-refractivity contribution in [2.24, 2.45) is 0 Å². The number of fused-ring (bicyclic) bond motifs is 3. The van der Waals surface area contributed by atoms with Crippen molar-refractivity contribution in [1.29, 1.82) is 15.8 Å². The third-order valence-corrected chi connectivity index (χ3v) is 15.0. The molecule has 24 heteroatoms. The summed E-state index contributed by atoms with van der Waals surface area (Å²) in [7, 11) is 0. The van der Waals surface area contributed by atoms with Crippen LogP contribution in [0.15, 0.2) is 73.4 Å². The van der Waals surface area contributed by atoms with Crippen molar-refractivity contribution in [2.45, 2.75) is 96.6 Å². The zero-order valence-electron chi connectivity index (χ0n) is 73.4. The second kappa shape index (κ2) is 27.5. The maximum Gasteiger partial charge on any atom is 0.162 e. The topological polar surface area (TPSA) is 195 Å². The summed E-state index contributed by atoms with van der Waals surface area (Å²) in [5, 5.41) is 28.5. The van der Waals surface area contributed by atoms with Gasteiger partial charge in [-0.25, -0.2) is 43.1 Å². The van der Waals surface area contributed by atoms with E-state index in [2.05, 4.69) is 29.9 Å². The summed E-state index contributed by atoms with van der Waals surface area (Å²) in [6, 6.07) is -7.40. The first kappa shape index (κ1) is 33.2. The van der Waals surface area contributed by atoms with Crippen LogP contribution in [0.1, 0.15) is 125 Å². The standard InChI is InChI=1S/3C20H19ClFN5S/c3*1-12-6-13(7-14(9-23)18(12)22)10-27-4-2-15(3-5-27)26-19-16-8-17(21)28-20(16)25-11-24-19/h3*6-8,11,15H,2-5,10H2,1H3,(H,24,25,26)/i2D2,3D2,6D,7D,8D,10D2,15D;2D2,3D2,6D,7D,8D,10D,15D;2D2,3D2,7D,8D,10D,15D/hD3. The SMILES string of the molecule is [2H]c1c(C([2H])N2CC([2H])([2H])C([2H])(N([2H])c3ncnc4sc(Cl)c([2H])c34)C([2H])([2H])C2)cc(C)c(F)c1C#N.[2H]c1c(C)c(F)c(C#N)c([2H])c1C([2H])([2H])N1CC([2H])([2H])C([2H])(N([2H])c2ncnc3sc(Cl)c([2H])c23)C([2H])([2H])C1.[2H]c1c(C)c(F)c(C#N)c([2H])c1C([2H])N1CC([2H])([2H])C([2H])(N([2H])c2ncnc3sc(Cl)c([2H])c23)C([2H])([2H])C1. The van der Waals surface area contributed by atoms with Crippen LogP contribution in [0.3, 0.4) is 0 Å². The predicted octanol–water partition coefficient (Wildman–Crippen LogP) is 14.2. The lowest BCUT2D eigenvalue weighted by molar-refractivity contribution is 0.211. The Kier molecular flexibility index (Phi) is 10.9. The molecule has 0 amide bonds. The van der Waals surface area contributed by atoms with E-state index in [0.717, 1.165) is 69.7 Å². The third-order valence-electron chi connectivity index (χ3n) is 11.6. The zero-order valence-corrected chi connectivity index (χ0v) is 48.1. The first-order valence-electron chi connectivity index (χ1n) is 39.2. The summed E-state index contributed by atoms with van der Waals surface area (Å²) in [5.74, 6) is -4.33. The van der Waals surface area contributed by atoms with Crippen molar-refractivity contribution in [3.8, 4) is 18.2 Å². The van der Waals surface area contributed by atoms with Crippen LogP contribution in [0.2, 0.25) is 17.2 Å². The van der Waals surface area contributed by atoms with Crippen molar-refractivity contribution in [3.63, 3.8) is 0 Å². The number of hydrogen-bond donors (Lipinski definition) is 3. The molecule has 2 unspecified atom stereocenters. The molecule has 12 rings (SSSR count). The number of rotatable bonds is 12. The average Bonchev–Trinajstić information content (AvgIpc) is 0.907. The number of thiophene rings is 3. The summed E-state index contributed by atoms with van der Waals surface area (Å²) < 4.78 is 300. The summed E-state index contributed by atoms with van der Waals surface area (Å²) in [4.78, 5) is 26.9. The van der Waals surface area contributed by atoms with Crippen LogP contribution in [0, 0.1) is 72.2 Å². The number of benzene rings is 3. The Labute approximate surface area is 554 Å². The largest absolute Gasteiger partial charge is 0.367 e. The molecule has 6 aromatic heterocycles. The van der Waals surface area contributed by atoms with Crippen LogP contribution < -0.4 is 15.9 Å². The van der Waals surface area contributed by atoms with Crippen molar-refractivity contribution in [2.75, 3.05) is 55.2 Å². The molecule has 0 saturated carbocycles. The molecular formula is C60H57Cl3F3N15S3. The highest BCUT2D eigenvalue weighted by atomic mass is 35.5. The van der Waals surface area contributed by atoms with Crippen LogP contribution in [-0.4, -0.2) is 102 Å². The summed E-state index contributed by atoms with van der Waals surface area (Å²) >= 11 is 20.8. The van der Waals surface area contributed by atoms with Crippen LogP contribution in [0.25, 0.3) is 30.6 Å². The first-order chi connectivity index (χ1) is 52.4. The third kappa shape index (κ3) is 14.8. The second-order valence-corrected chi connectivity index (χ2v) is 22.3. The summed E-state index contributed by atoms with van der Waals surface area (Å²) in [6.07, 6.45) is -14.3. The number of nitrogens with zero attached hydrogens (tertiary/aromatic N) is 12. The van der Waals surface area contributed by atoms with Crippen LogP contribution >= 0.6 is 68.8 Å². The molecule has 84 heavy (non-hydrogen) atoms. The lowest BCUT2D eigenvalue weighted by Gasteiger charge is -2.32. The van der Waals surface area contributed by atoms with Gasteiger partial charge < -0.3 is 15.9 Å². The van der Waals surface area contributed by atoms with Gasteiger partial charge in [0.2, 0.25) is 0 Å². The quantitative estimate of drug-likeness (QED) is 0.104. The number of nitriles is 3. The monoisotopic (exact) mass is 1280 g/mol. The van der Waals surface area contributed by atoms with Crippen LogP contribution in [0.5, 0.6) is 0 Å². The minimum absolute atomic E-state index is 0.00283. The lowest BCUT2D eigenvalue weighted by atomic mass is 10.0. The molecule has 3 aromatic carbocycles. The molecule has 9 heterocycles. The number of likely N-dealkylation sites (tertiary alicyclic amines) is 3. The molecule has 9 aromatic rings. The van der Waals surface area contributed by atoms with Gasteiger partial charge >= 0.3 is 0 Å². The maximum absolute atomic E-state index is 14.5. The summed E-state index contributed by atoms with van der Waals surface area (Å²) in [5.41, 5.74) is -4.05. The Morgan fingerprint density at radius 1 is 0.536 bits per heavy atom. The van der Waals surface area contributed by atoms with Gasteiger partial charge in [0, 0.05) is 98.8 Å².